The molecule has 0 aliphatic heterocycles. The van der Waals surface area contributed by atoms with E-state index in [9.17, 15) is 0 Å². The standard InChI is InChI=1S/C16H18N6O2/c1-11-17-21-22(20-11)14-8-9-15(23-3)13(10-14)6-4-5-7-16-19-18-12(2)24-16/h4,6,8-10H,5,7H2,1-3H3/b6-4+. The molecule has 3 aromatic rings. The number of aryl methyl sites for hydroxylation is 3. The van der Waals surface area contributed by atoms with E-state index in [4.69, 9.17) is 9.15 Å². The van der Waals surface area contributed by atoms with Crippen LogP contribution in [0.15, 0.2) is 28.7 Å². The Balaban J connectivity index is 1.74. The number of benzene rings is 1. The van der Waals surface area contributed by atoms with Crippen LogP contribution in [-0.4, -0.2) is 37.5 Å². The summed E-state index contributed by atoms with van der Waals surface area (Å²) in [6.45, 7) is 3.58. The van der Waals surface area contributed by atoms with E-state index in [1.54, 1.807) is 21.0 Å². The topological polar surface area (TPSA) is 91.8 Å². The van der Waals surface area contributed by atoms with Crippen LogP contribution in [0.2, 0.25) is 0 Å². The molecule has 1 aromatic carbocycles. The van der Waals surface area contributed by atoms with Crippen molar-refractivity contribution in [2.75, 3.05) is 7.11 Å². The molecule has 24 heavy (non-hydrogen) atoms. The fraction of sp³-hybridized carbons (Fsp3) is 0.312. The Morgan fingerprint density at radius 1 is 1.21 bits per heavy atom. The van der Waals surface area contributed by atoms with Gasteiger partial charge in [0.25, 0.3) is 0 Å². The lowest BCUT2D eigenvalue weighted by molar-refractivity contribution is 0.413. The zero-order chi connectivity index (χ0) is 16.9. The molecule has 0 amide bonds. The molecule has 8 heteroatoms. The highest BCUT2D eigenvalue weighted by molar-refractivity contribution is 5.60. The molecule has 8 nitrogen and oxygen atoms in total. The summed E-state index contributed by atoms with van der Waals surface area (Å²) in [6, 6.07) is 5.72. The highest BCUT2D eigenvalue weighted by atomic mass is 16.5. The Morgan fingerprint density at radius 3 is 2.75 bits per heavy atom. The van der Waals surface area contributed by atoms with Crippen LogP contribution in [0.4, 0.5) is 0 Å². The van der Waals surface area contributed by atoms with Gasteiger partial charge in [-0.25, -0.2) is 0 Å². The van der Waals surface area contributed by atoms with E-state index in [0.717, 1.165) is 23.4 Å². The van der Waals surface area contributed by atoms with Crippen molar-refractivity contribution in [2.45, 2.75) is 26.7 Å². The van der Waals surface area contributed by atoms with E-state index < -0.39 is 0 Å². The second kappa shape index (κ2) is 7.03. The number of aromatic nitrogens is 6. The van der Waals surface area contributed by atoms with Crippen LogP contribution >= 0.6 is 0 Å². The largest absolute Gasteiger partial charge is 0.496 e. The number of rotatable bonds is 6. The molecule has 124 valence electrons. The maximum Gasteiger partial charge on any atom is 0.216 e. The van der Waals surface area contributed by atoms with Gasteiger partial charge in [-0.2, -0.15) is 0 Å². The molecule has 0 aliphatic rings. The van der Waals surface area contributed by atoms with Crippen LogP contribution in [-0.2, 0) is 6.42 Å². The lowest BCUT2D eigenvalue weighted by atomic mass is 10.1. The van der Waals surface area contributed by atoms with Crippen molar-refractivity contribution in [3.05, 3.63) is 47.4 Å². The van der Waals surface area contributed by atoms with Crippen molar-refractivity contribution in [1.82, 2.24) is 30.4 Å². The number of nitrogens with zero attached hydrogens (tertiary/aromatic N) is 6. The van der Waals surface area contributed by atoms with Crippen molar-refractivity contribution in [2.24, 2.45) is 0 Å². The Kier molecular flexibility index (Phi) is 4.64. The van der Waals surface area contributed by atoms with Crippen LogP contribution in [0.25, 0.3) is 11.8 Å². The van der Waals surface area contributed by atoms with Gasteiger partial charge in [0.1, 0.15) is 5.75 Å². The molecule has 0 atom stereocenters. The number of allylic oxidation sites excluding steroid dienone is 1. The molecule has 0 saturated carbocycles. The van der Waals surface area contributed by atoms with E-state index in [2.05, 4.69) is 25.6 Å². The number of tetrazole rings is 1. The molecule has 0 N–H and O–H groups in total. The smallest absolute Gasteiger partial charge is 0.216 e. The lowest BCUT2D eigenvalue weighted by Gasteiger charge is -2.07. The van der Waals surface area contributed by atoms with Gasteiger partial charge in [-0.15, -0.1) is 25.2 Å². The molecule has 0 saturated heterocycles. The third-order valence-electron chi connectivity index (χ3n) is 3.35. The Morgan fingerprint density at radius 2 is 2.08 bits per heavy atom. The van der Waals surface area contributed by atoms with Crippen molar-refractivity contribution in [3.8, 4) is 11.4 Å². The predicted octanol–water partition coefficient (Wildman–Crippen LogP) is 2.32. The summed E-state index contributed by atoms with van der Waals surface area (Å²) in [5, 5.41) is 19.9. The first kappa shape index (κ1) is 15.9. The summed E-state index contributed by atoms with van der Waals surface area (Å²) in [4.78, 5) is 1.49. The lowest BCUT2D eigenvalue weighted by Crippen LogP contribution is -2.00. The van der Waals surface area contributed by atoms with E-state index in [1.807, 2.05) is 30.4 Å². The molecule has 0 fully saturated rings. The Bertz CT molecular complexity index is 852. The molecule has 2 heterocycles. The van der Waals surface area contributed by atoms with Gasteiger partial charge < -0.3 is 9.15 Å². The first-order valence-electron chi connectivity index (χ1n) is 7.56. The van der Waals surface area contributed by atoms with E-state index in [1.165, 1.54) is 4.80 Å². The van der Waals surface area contributed by atoms with Crippen LogP contribution in [0.1, 0.15) is 29.6 Å². The minimum Gasteiger partial charge on any atom is -0.496 e. The first-order chi connectivity index (χ1) is 11.7. The molecule has 0 unspecified atom stereocenters. The zero-order valence-corrected chi connectivity index (χ0v) is 13.8. The van der Waals surface area contributed by atoms with Crippen molar-refractivity contribution in [1.29, 1.82) is 0 Å². The molecule has 0 aliphatic carbocycles. The second-order valence-corrected chi connectivity index (χ2v) is 5.21. The van der Waals surface area contributed by atoms with Gasteiger partial charge in [0.05, 0.1) is 12.8 Å². The minimum absolute atomic E-state index is 0.582. The number of ether oxygens (including phenoxy) is 1. The van der Waals surface area contributed by atoms with Crippen LogP contribution < -0.4 is 4.74 Å². The highest BCUT2D eigenvalue weighted by Gasteiger charge is 2.06. The van der Waals surface area contributed by atoms with Gasteiger partial charge in [-0.05, 0) is 36.8 Å². The normalized spacial score (nSPS) is 11.3. The Labute approximate surface area is 139 Å². The summed E-state index contributed by atoms with van der Waals surface area (Å²) in [5.41, 5.74) is 1.76. The minimum atomic E-state index is 0.582. The SMILES string of the molecule is COc1ccc(-n2nnc(C)n2)cc1/C=C/CCc1nnc(C)o1. The van der Waals surface area contributed by atoms with Crippen LogP contribution in [0, 0.1) is 13.8 Å². The van der Waals surface area contributed by atoms with Crippen LogP contribution in [0.5, 0.6) is 5.75 Å². The number of methoxy groups -OCH3 is 1. The maximum atomic E-state index is 5.40. The molecule has 0 spiro atoms. The average Bonchev–Trinajstić information content (AvgIpc) is 3.20. The fourth-order valence-electron chi connectivity index (χ4n) is 2.23. The number of hydrogen-bond acceptors (Lipinski definition) is 7. The third kappa shape index (κ3) is 3.65. The van der Waals surface area contributed by atoms with Gasteiger partial charge in [-0.3, -0.25) is 0 Å². The number of hydrogen-bond donors (Lipinski definition) is 0. The van der Waals surface area contributed by atoms with Crippen molar-refractivity contribution in [3.63, 3.8) is 0 Å². The summed E-state index contributed by atoms with van der Waals surface area (Å²) in [7, 11) is 1.64. The molecule has 0 bridgehead atoms. The van der Waals surface area contributed by atoms with Gasteiger partial charge in [0, 0.05) is 18.9 Å². The molecule has 0 radical (unpaired) electrons. The predicted molar refractivity (Wildman–Crippen MR) is 86.8 cm³/mol. The van der Waals surface area contributed by atoms with Crippen LogP contribution in [0.3, 0.4) is 0 Å². The van der Waals surface area contributed by atoms with Gasteiger partial charge >= 0.3 is 0 Å². The maximum absolute atomic E-state index is 5.40. The fourth-order valence-corrected chi connectivity index (χ4v) is 2.23. The third-order valence-corrected chi connectivity index (χ3v) is 3.35. The van der Waals surface area contributed by atoms with E-state index >= 15 is 0 Å². The van der Waals surface area contributed by atoms with Gasteiger partial charge in [-0.1, -0.05) is 12.2 Å². The van der Waals surface area contributed by atoms with Gasteiger partial charge in [0.2, 0.25) is 11.8 Å². The molecular weight excluding hydrogens is 308 g/mol. The molecule has 2 aromatic heterocycles. The van der Waals surface area contributed by atoms with E-state index in [-0.39, 0.29) is 0 Å². The second-order valence-electron chi connectivity index (χ2n) is 5.21. The summed E-state index contributed by atoms with van der Waals surface area (Å²) >= 11 is 0. The quantitative estimate of drug-likeness (QED) is 0.686. The van der Waals surface area contributed by atoms with Crippen molar-refractivity contribution < 1.29 is 9.15 Å². The summed E-state index contributed by atoms with van der Waals surface area (Å²) in [6.07, 6.45) is 5.52. The van der Waals surface area contributed by atoms with Crippen molar-refractivity contribution >= 4 is 6.08 Å². The van der Waals surface area contributed by atoms with Gasteiger partial charge in [0.15, 0.2) is 5.82 Å². The highest BCUT2D eigenvalue weighted by Crippen LogP contribution is 2.23. The summed E-state index contributed by atoms with van der Waals surface area (Å²) in [5.74, 6) is 2.62. The average molecular weight is 326 g/mol. The summed E-state index contributed by atoms with van der Waals surface area (Å²) < 4.78 is 10.8. The van der Waals surface area contributed by atoms with E-state index in [0.29, 0.717) is 24.0 Å². The molecule has 3 rings (SSSR count). The monoisotopic (exact) mass is 326 g/mol. The molecular formula is C16H18N6O2. The first-order valence-corrected chi connectivity index (χ1v) is 7.56. The zero-order valence-electron chi connectivity index (χ0n) is 13.8. The Hall–Kier alpha value is -3.03.